The molecule has 74 valence electrons. The topological polar surface area (TPSA) is 3.24 Å². The van der Waals surface area contributed by atoms with Gasteiger partial charge in [-0.2, -0.15) is 0 Å². The van der Waals surface area contributed by atoms with Crippen molar-refractivity contribution in [1.29, 1.82) is 0 Å². The summed E-state index contributed by atoms with van der Waals surface area (Å²) in [7, 11) is 2.11. The van der Waals surface area contributed by atoms with E-state index >= 15 is 0 Å². The Morgan fingerprint density at radius 3 is 2.57 bits per heavy atom. The maximum atomic E-state index is 5.21. The molecule has 14 heavy (non-hydrogen) atoms. The molecular formula is C13H17N. The number of terminal acetylenes is 1. The van der Waals surface area contributed by atoms with E-state index in [1.807, 2.05) is 6.07 Å². The molecule has 1 aromatic carbocycles. The average molecular weight is 187 g/mol. The number of rotatable bonds is 5. The van der Waals surface area contributed by atoms with Crippen LogP contribution >= 0.6 is 0 Å². The van der Waals surface area contributed by atoms with E-state index in [1.165, 1.54) is 5.56 Å². The van der Waals surface area contributed by atoms with E-state index in [-0.39, 0.29) is 0 Å². The van der Waals surface area contributed by atoms with E-state index in [0.717, 1.165) is 25.9 Å². The van der Waals surface area contributed by atoms with Crippen molar-refractivity contribution in [2.75, 3.05) is 20.1 Å². The Hall–Kier alpha value is -1.26. The Kier molecular flexibility index (Phi) is 4.82. The minimum absolute atomic E-state index is 0.839. The van der Waals surface area contributed by atoms with Crippen LogP contribution in [0.3, 0.4) is 0 Å². The van der Waals surface area contributed by atoms with Crippen LogP contribution in [0.5, 0.6) is 0 Å². The van der Waals surface area contributed by atoms with Gasteiger partial charge in [-0.05, 0) is 19.0 Å². The number of nitrogens with zero attached hydrogens (tertiary/aromatic N) is 1. The predicted molar refractivity (Wildman–Crippen MR) is 61.1 cm³/mol. The first-order chi connectivity index (χ1) is 6.83. The smallest absolute Gasteiger partial charge is 0.0214 e. The van der Waals surface area contributed by atoms with E-state index in [0.29, 0.717) is 0 Å². The van der Waals surface area contributed by atoms with E-state index in [2.05, 4.69) is 42.1 Å². The Balaban J connectivity index is 2.24. The van der Waals surface area contributed by atoms with Crippen molar-refractivity contribution in [2.45, 2.75) is 12.8 Å². The third-order valence-electron chi connectivity index (χ3n) is 2.26. The molecule has 0 saturated carbocycles. The van der Waals surface area contributed by atoms with Crippen LogP contribution in [-0.2, 0) is 6.42 Å². The summed E-state index contributed by atoms with van der Waals surface area (Å²) in [6, 6.07) is 10.5. The quantitative estimate of drug-likeness (QED) is 0.639. The van der Waals surface area contributed by atoms with Gasteiger partial charge in [0.1, 0.15) is 0 Å². The lowest BCUT2D eigenvalue weighted by atomic mass is 10.1. The highest BCUT2D eigenvalue weighted by molar-refractivity contribution is 5.14. The first-order valence-corrected chi connectivity index (χ1v) is 4.99. The molecule has 0 unspecified atom stereocenters. The molecule has 0 spiro atoms. The summed E-state index contributed by atoms with van der Waals surface area (Å²) < 4.78 is 0. The molecule has 0 aliphatic heterocycles. The van der Waals surface area contributed by atoms with E-state index in [1.54, 1.807) is 0 Å². The van der Waals surface area contributed by atoms with Crippen molar-refractivity contribution in [3.05, 3.63) is 35.9 Å². The van der Waals surface area contributed by atoms with Gasteiger partial charge in [0.05, 0.1) is 0 Å². The maximum Gasteiger partial charge on any atom is 0.0214 e. The average Bonchev–Trinajstić information content (AvgIpc) is 2.25. The number of hydrogen-bond donors (Lipinski definition) is 0. The van der Waals surface area contributed by atoms with Gasteiger partial charge in [-0.3, -0.25) is 0 Å². The lowest BCUT2D eigenvalue weighted by Crippen LogP contribution is -2.22. The molecule has 0 atom stereocenters. The number of hydrogen-bond acceptors (Lipinski definition) is 1. The summed E-state index contributed by atoms with van der Waals surface area (Å²) in [6.07, 6.45) is 7.15. The van der Waals surface area contributed by atoms with Crippen molar-refractivity contribution in [3.8, 4) is 12.3 Å². The van der Waals surface area contributed by atoms with Gasteiger partial charge in [0.15, 0.2) is 0 Å². The highest BCUT2D eigenvalue weighted by Crippen LogP contribution is 2.00. The van der Waals surface area contributed by atoms with Crippen LogP contribution in [0.2, 0.25) is 0 Å². The third-order valence-corrected chi connectivity index (χ3v) is 2.26. The van der Waals surface area contributed by atoms with Gasteiger partial charge < -0.3 is 4.90 Å². The molecular weight excluding hydrogens is 170 g/mol. The van der Waals surface area contributed by atoms with Gasteiger partial charge in [-0.25, -0.2) is 0 Å². The van der Waals surface area contributed by atoms with Crippen molar-refractivity contribution in [1.82, 2.24) is 4.90 Å². The fourth-order valence-corrected chi connectivity index (χ4v) is 1.33. The lowest BCUT2D eigenvalue weighted by molar-refractivity contribution is 0.347. The molecule has 1 nitrogen and oxygen atoms in total. The highest BCUT2D eigenvalue weighted by Gasteiger charge is 1.97. The first kappa shape index (κ1) is 10.8. The second-order valence-electron chi connectivity index (χ2n) is 3.49. The van der Waals surface area contributed by atoms with Crippen LogP contribution in [0.4, 0.5) is 0 Å². The largest absolute Gasteiger partial charge is 0.305 e. The zero-order valence-corrected chi connectivity index (χ0v) is 8.74. The number of benzene rings is 1. The Labute approximate surface area is 86.7 Å². The van der Waals surface area contributed by atoms with Crippen molar-refractivity contribution in [2.24, 2.45) is 0 Å². The lowest BCUT2D eigenvalue weighted by Gasteiger charge is -2.14. The second-order valence-corrected chi connectivity index (χ2v) is 3.49. The van der Waals surface area contributed by atoms with E-state index in [9.17, 15) is 0 Å². The third kappa shape index (κ3) is 4.11. The predicted octanol–water partition coefficient (Wildman–Crippen LogP) is 2.18. The molecule has 0 aromatic heterocycles. The van der Waals surface area contributed by atoms with Gasteiger partial charge in [-0.15, -0.1) is 12.3 Å². The fraction of sp³-hybridized carbons (Fsp3) is 0.385. The van der Waals surface area contributed by atoms with Crippen LogP contribution in [0.1, 0.15) is 12.0 Å². The normalized spacial score (nSPS) is 10.1. The van der Waals surface area contributed by atoms with Gasteiger partial charge in [0, 0.05) is 19.5 Å². The molecule has 1 aromatic rings. The monoisotopic (exact) mass is 187 g/mol. The minimum Gasteiger partial charge on any atom is -0.305 e. The summed E-state index contributed by atoms with van der Waals surface area (Å²) >= 11 is 0. The Bertz CT molecular complexity index is 284. The molecule has 0 N–H and O–H groups in total. The molecule has 0 bridgehead atoms. The SMILES string of the molecule is C#CCCN(C)CCc1ccccc1. The van der Waals surface area contributed by atoms with E-state index in [4.69, 9.17) is 6.42 Å². The molecule has 1 heteroatoms. The number of likely N-dealkylation sites (N-methyl/N-ethyl adjacent to an activating group) is 1. The molecule has 0 saturated heterocycles. The Morgan fingerprint density at radius 2 is 1.93 bits per heavy atom. The molecule has 0 aliphatic rings. The summed E-state index contributed by atoms with van der Waals surface area (Å²) in [5, 5.41) is 0. The first-order valence-electron chi connectivity index (χ1n) is 4.99. The second kappa shape index (κ2) is 6.23. The van der Waals surface area contributed by atoms with Gasteiger partial charge in [0.2, 0.25) is 0 Å². The molecule has 0 radical (unpaired) electrons. The van der Waals surface area contributed by atoms with Crippen molar-refractivity contribution >= 4 is 0 Å². The van der Waals surface area contributed by atoms with Gasteiger partial charge >= 0.3 is 0 Å². The highest BCUT2D eigenvalue weighted by atomic mass is 15.1. The van der Waals surface area contributed by atoms with Gasteiger partial charge in [-0.1, -0.05) is 30.3 Å². The van der Waals surface area contributed by atoms with Crippen LogP contribution in [0.15, 0.2) is 30.3 Å². The molecule has 0 aliphatic carbocycles. The van der Waals surface area contributed by atoms with Crippen molar-refractivity contribution in [3.63, 3.8) is 0 Å². The van der Waals surface area contributed by atoms with E-state index < -0.39 is 0 Å². The zero-order chi connectivity index (χ0) is 10.2. The van der Waals surface area contributed by atoms with Crippen LogP contribution in [0.25, 0.3) is 0 Å². The molecule has 0 fully saturated rings. The summed E-state index contributed by atoms with van der Waals surface area (Å²) in [5.41, 5.74) is 1.39. The zero-order valence-electron chi connectivity index (χ0n) is 8.74. The van der Waals surface area contributed by atoms with Gasteiger partial charge in [0.25, 0.3) is 0 Å². The molecule has 0 amide bonds. The fourth-order valence-electron chi connectivity index (χ4n) is 1.33. The maximum absolute atomic E-state index is 5.21. The van der Waals surface area contributed by atoms with Crippen LogP contribution in [0, 0.1) is 12.3 Å². The van der Waals surface area contributed by atoms with Crippen molar-refractivity contribution < 1.29 is 0 Å². The van der Waals surface area contributed by atoms with Crippen LogP contribution < -0.4 is 0 Å². The summed E-state index contributed by atoms with van der Waals surface area (Å²) in [4.78, 5) is 2.27. The minimum atomic E-state index is 0.839. The molecule has 0 heterocycles. The summed E-state index contributed by atoms with van der Waals surface area (Å²) in [5.74, 6) is 2.66. The standard InChI is InChI=1S/C13H17N/c1-3-4-11-14(2)12-10-13-8-6-5-7-9-13/h1,5-9H,4,10-12H2,2H3. The van der Waals surface area contributed by atoms with Crippen LogP contribution in [-0.4, -0.2) is 25.0 Å². The molecule has 1 rings (SSSR count). The Morgan fingerprint density at radius 1 is 1.21 bits per heavy atom. The summed E-state index contributed by atoms with van der Waals surface area (Å²) in [6.45, 7) is 2.06.